The Morgan fingerprint density at radius 2 is 1.82 bits per heavy atom. The first-order valence-corrected chi connectivity index (χ1v) is 6.90. The van der Waals surface area contributed by atoms with Crippen molar-refractivity contribution in [3.05, 3.63) is 35.9 Å². The summed E-state index contributed by atoms with van der Waals surface area (Å²) in [7, 11) is 0. The zero-order valence-electron chi connectivity index (χ0n) is 11.1. The molecule has 0 fully saturated rings. The van der Waals surface area contributed by atoms with E-state index in [9.17, 15) is 0 Å². The summed E-state index contributed by atoms with van der Waals surface area (Å²) in [5.74, 6) is 1.24. The second kappa shape index (κ2) is 7.07. The third kappa shape index (κ3) is 6.13. The lowest BCUT2D eigenvalue weighted by molar-refractivity contribution is 0.100. The van der Waals surface area contributed by atoms with Gasteiger partial charge in [0.1, 0.15) is 0 Å². The molecule has 0 spiro atoms. The Hall–Kier alpha value is -0.470. The SMILES string of the molecule is CC(C)(C)CCOCC(CS)c1ccccc1. The lowest BCUT2D eigenvalue weighted by Crippen LogP contribution is -2.14. The normalized spacial score (nSPS) is 13.6. The van der Waals surface area contributed by atoms with Crippen LogP contribution in [0, 0.1) is 5.41 Å². The summed E-state index contributed by atoms with van der Waals surface area (Å²) in [6.45, 7) is 8.32. The molecule has 0 radical (unpaired) electrons. The minimum Gasteiger partial charge on any atom is -0.381 e. The number of thiol groups is 1. The van der Waals surface area contributed by atoms with E-state index in [-0.39, 0.29) is 0 Å². The fourth-order valence-electron chi connectivity index (χ4n) is 1.58. The molecule has 0 saturated heterocycles. The second-order valence-corrected chi connectivity index (χ2v) is 6.04. The molecule has 0 aliphatic rings. The molecule has 1 rings (SSSR count). The molecule has 1 aromatic rings. The average Bonchev–Trinajstić information content (AvgIpc) is 2.29. The highest BCUT2D eigenvalue weighted by molar-refractivity contribution is 7.80. The van der Waals surface area contributed by atoms with Gasteiger partial charge in [-0.05, 0) is 23.2 Å². The topological polar surface area (TPSA) is 9.23 Å². The van der Waals surface area contributed by atoms with E-state index in [4.69, 9.17) is 4.74 Å². The van der Waals surface area contributed by atoms with Crippen LogP contribution in [-0.2, 0) is 4.74 Å². The van der Waals surface area contributed by atoms with Gasteiger partial charge in [-0.15, -0.1) is 0 Å². The van der Waals surface area contributed by atoms with Gasteiger partial charge in [0.15, 0.2) is 0 Å². The van der Waals surface area contributed by atoms with Crippen molar-refractivity contribution in [2.45, 2.75) is 33.1 Å². The Morgan fingerprint density at radius 1 is 1.18 bits per heavy atom. The summed E-state index contributed by atoms with van der Waals surface area (Å²) in [4.78, 5) is 0. The highest BCUT2D eigenvalue weighted by Gasteiger charge is 2.12. The van der Waals surface area contributed by atoms with Gasteiger partial charge in [0.25, 0.3) is 0 Å². The van der Waals surface area contributed by atoms with Gasteiger partial charge in [0.2, 0.25) is 0 Å². The van der Waals surface area contributed by atoms with Crippen LogP contribution in [0.15, 0.2) is 30.3 Å². The van der Waals surface area contributed by atoms with Crippen molar-refractivity contribution < 1.29 is 4.74 Å². The molecule has 2 heteroatoms. The zero-order valence-corrected chi connectivity index (χ0v) is 12.0. The first kappa shape index (κ1) is 14.6. The Balaban J connectivity index is 2.34. The summed E-state index contributed by atoms with van der Waals surface area (Å²) >= 11 is 4.41. The molecular weight excluding hydrogens is 228 g/mol. The molecule has 0 aromatic heterocycles. The molecule has 0 aliphatic carbocycles. The Labute approximate surface area is 111 Å². The summed E-state index contributed by atoms with van der Waals surface area (Å²) in [6.07, 6.45) is 1.10. The minimum atomic E-state index is 0.350. The van der Waals surface area contributed by atoms with Crippen LogP contribution in [0.5, 0.6) is 0 Å². The third-order valence-electron chi connectivity index (χ3n) is 2.81. The van der Waals surface area contributed by atoms with E-state index in [0.29, 0.717) is 11.3 Å². The maximum absolute atomic E-state index is 5.77. The van der Waals surface area contributed by atoms with Crippen molar-refractivity contribution in [2.75, 3.05) is 19.0 Å². The standard InChI is InChI=1S/C15H24OS/c1-15(2,3)9-10-16-11-14(12-17)13-7-5-4-6-8-13/h4-8,14,17H,9-12H2,1-3H3. The van der Waals surface area contributed by atoms with E-state index in [1.165, 1.54) is 5.56 Å². The Morgan fingerprint density at radius 3 is 2.35 bits per heavy atom. The average molecular weight is 252 g/mol. The monoisotopic (exact) mass is 252 g/mol. The van der Waals surface area contributed by atoms with Crippen LogP contribution < -0.4 is 0 Å². The van der Waals surface area contributed by atoms with Crippen LogP contribution in [0.4, 0.5) is 0 Å². The molecule has 0 aliphatic heterocycles. The van der Waals surface area contributed by atoms with Crippen LogP contribution in [0.2, 0.25) is 0 Å². The molecule has 1 aromatic carbocycles. The molecule has 0 saturated carbocycles. The maximum Gasteiger partial charge on any atom is 0.0542 e. The van der Waals surface area contributed by atoms with E-state index in [2.05, 4.69) is 57.7 Å². The van der Waals surface area contributed by atoms with Gasteiger partial charge in [0.05, 0.1) is 6.61 Å². The molecule has 0 bridgehead atoms. The summed E-state index contributed by atoms with van der Waals surface area (Å²) in [5.41, 5.74) is 1.67. The smallest absolute Gasteiger partial charge is 0.0542 e. The van der Waals surface area contributed by atoms with Gasteiger partial charge in [-0.1, -0.05) is 51.1 Å². The third-order valence-corrected chi connectivity index (χ3v) is 3.25. The molecule has 0 N–H and O–H groups in total. The van der Waals surface area contributed by atoms with Crippen molar-refractivity contribution in [3.8, 4) is 0 Å². The molecule has 17 heavy (non-hydrogen) atoms. The van der Waals surface area contributed by atoms with Gasteiger partial charge in [-0.3, -0.25) is 0 Å². The predicted octanol–water partition coefficient (Wildman–Crippen LogP) is 4.15. The number of ether oxygens (including phenoxy) is 1. The first-order chi connectivity index (χ1) is 8.03. The van der Waals surface area contributed by atoms with Gasteiger partial charge < -0.3 is 4.74 Å². The van der Waals surface area contributed by atoms with Crippen molar-refractivity contribution in [1.82, 2.24) is 0 Å². The van der Waals surface area contributed by atoms with Crippen LogP contribution >= 0.6 is 12.6 Å². The molecular formula is C15H24OS. The van der Waals surface area contributed by atoms with Gasteiger partial charge in [-0.2, -0.15) is 12.6 Å². The van der Waals surface area contributed by atoms with Crippen LogP contribution in [-0.4, -0.2) is 19.0 Å². The fourth-order valence-corrected chi connectivity index (χ4v) is 1.90. The lowest BCUT2D eigenvalue weighted by atomic mass is 9.93. The van der Waals surface area contributed by atoms with E-state index < -0.39 is 0 Å². The largest absolute Gasteiger partial charge is 0.381 e. The summed E-state index contributed by atoms with van der Waals surface area (Å²) < 4.78 is 5.77. The van der Waals surface area contributed by atoms with Crippen molar-refractivity contribution in [2.24, 2.45) is 5.41 Å². The minimum absolute atomic E-state index is 0.350. The zero-order chi connectivity index (χ0) is 12.7. The lowest BCUT2D eigenvalue weighted by Gasteiger charge is -2.20. The van der Waals surface area contributed by atoms with Crippen molar-refractivity contribution >= 4 is 12.6 Å². The highest BCUT2D eigenvalue weighted by atomic mass is 32.1. The number of benzene rings is 1. The van der Waals surface area contributed by atoms with Crippen molar-refractivity contribution in [3.63, 3.8) is 0 Å². The predicted molar refractivity (Wildman–Crippen MR) is 77.9 cm³/mol. The van der Waals surface area contributed by atoms with E-state index >= 15 is 0 Å². The van der Waals surface area contributed by atoms with E-state index in [1.807, 2.05) is 6.07 Å². The van der Waals surface area contributed by atoms with Crippen molar-refractivity contribution in [1.29, 1.82) is 0 Å². The molecule has 0 heterocycles. The molecule has 96 valence electrons. The van der Waals surface area contributed by atoms with E-state index in [1.54, 1.807) is 0 Å². The number of rotatable bonds is 6. The Kier molecular flexibility index (Phi) is 6.07. The molecule has 0 amide bonds. The van der Waals surface area contributed by atoms with Crippen LogP contribution in [0.1, 0.15) is 38.7 Å². The van der Waals surface area contributed by atoms with Gasteiger partial charge >= 0.3 is 0 Å². The van der Waals surface area contributed by atoms with Crippen LogP contribution in [0.3, 0.4) is 0 Å². The van der Waals surface area contributed by atoms with Gasteiger partial charge in [0, 0.05) is 12.5 Å². The number of hydrogen-bond donors (Lipinski definition) is 1. The fraction of sp³-hybridized carbons (Fsp3) is 0.600. The Bertz CT molecular complexity index is 302. The number of hydrogen-bond acceptors (Lipinski definition) is 2. The quantitative estimate of drug-likeness (QED) is 0.591. The van der Waals surface area contributed by atoms with Crippen LogP contribution in [0.25, 0.3) is 0 Å². The second-order valence-electron chi connectivity index (χ2n) is 5.68. The molecule has 1 nitrogen and oxygen atoms in total. The van der Waals surface area contributed by atoms with Gasteiger partial charge in [-0.25, -0.2) is 0 Å². The summed E-state index contributed by atoms with van der Waals surface area (Å²) in [5, 5.41) is 0. The molecule has 1 unspecified atom stereocenters. The first-order valence-electron chi connectivity index (χ1n) is 6.26. The van der Waals surface area contributed by atoms with E-state index in [0.717, 1.165) is 25.4 Å². The highest BCUT2D eigenvalue weighted by Crippen LogP contribution is 2.20. The summed E-state index contributed by atoms with van der Waals surface area (Å²) in [6, 6.07) is 10.5. The molecule has 1 atom stereocenters. The maximum atomic E-state index is 5.77.